The molecule has 0 aliphatic carbocycles. The number of likely N-dealkylation sites (N-methyl/N-ethyl adjacent to an activating group) is 1. The van der Waals surface area contributed by atoms with Gasteiger partial charge in [-0.1, -0.05) is 12.1 Å². The third kappa shape index (κ3) is 1.75. The molecule has 0 saturated heterocycles. The second-order valence-electron chi connectivity index (χ2n) is 3.19. The van der Waals surface area contributed by atoms with Crippen LogP contribution in [0.1, 0.15) is 12.5 Å². The van der Waals surface area contributed by atoms with Crippen molar-refractivity contribution in [3.05, 3.63) is 35.6 Å². The van der Waals surface area contributed by atoms with E-state index < -0.39 is 17.3 Å². The quantitative estimate of drug-likeness (QED) is 0.768. The summed E-state index contributed by atoms with van der Waals surface area (Å²) < 4.78 is 12.9. The number of hydrogen-bond acceptors (Lipinski definition) is 2. The molecule has 0 amide bonds. The number of carboxylic acid groups (broad SMARTS) is 1. The van der Waals surface area contributed by atoms with Crippen LogP contribution < -0.4 is 5.32 Å². The van der Waals surface area contributed by atoms with E-state index in [-0.39, 0.29) is 0 Å². The van der Waals surface area contributed by atoms with Gasteiger partial charge < -0.3 is 10.4 Å². The molecule has 0 fully saturated rings. The summed E-state index contributed by atoms with van der Waals surface area (Å²) in [6.45, 7) is 1.49. The smallest absolute Gasteiger partial charge is 0.328 e. The molecule has 1 aromatic carbocycles. The number of aliphatic carboxylic acids is 1. The van der Waals surface area contributed by atoms with Crippen LogP contribution in [0.3, 0.4) is 0 Å². The van der Waals surface area contributed by atoms with E-state index in [0.717, 1.165) is 0 Å². The highest BCUT2D eigenvalue weighted by Crippen LogP contribution is 2.21. The number of carboxylic acids is 1. The number of benzene rings is 1. The van der Waals surface area contributed by atoms with E-state index in [9.17, 15) is 9.18 Å². The van der Waals surface area contributed by atoms with Gasteiger partial charge in [0.1, 0.15) is 11.4 Å². The Morgan fingerprint density at radius 3 is 2.64 bits per heavy atom. The Hall–Kier alpha value is -1.42. The average Bonchev–Trinajstić information content (AvgIpc) is 2.16. The fourth-order valence-electron chi connectivity index (χ4n) is 1.17. The fourth-order valence-corrected chi connectivity index (χ4v) is 1.17. The Balaban J connectivity index is 3.19. The van der Waals surface area contributed by atoms with Crippen molar-refractivity contribution in [2.24, 2.45) is 0 Å². The molecule has 2 N–H and O–H groups in total. The van der Waals surface area contributed by atoms with Crippen LogP contribution in [-0.2, 0) is 10.3 Å². The Morgan fingerprint density at radius 2 is 2.21 bits per heavy atom. The maximum atomic E-state index is 12.9. The predicted octanol–water partition coefficient (Wildman–Crippen LogP) is 1.34. The summed E-state index contributed by atoms with van der Waals surface area (Å²) in [7, 11) is 1.53. The number of carbonyl (C=O) groups is 1. The van der Waals surface area contributed by atoms with Gasteiger partial charge in [-0.05, 0) is 31.7 Å². The average molecular weight is 197 g/mol. The highest BCUT2D eigenvalue weighted by Gasteiger charge is 2.33. The third-order valence-electron chi connectivity index (χ3n) is 2.33. The lowest BCUT2D eigenvalue weighted by atomic mass is 9.92. The van der Waals surface area contributed by atoms with E-state index in [1.54, 1.807) is 6.07 Å². The highest BCUT2D eigenvalue weighted by molar-refractivity contribution is 5.80. The lowest BCUT2D eigenvalue weighted by molar-refractivity contribution is -0.144. The fraction of sp³-hybridized carbons (Fsp3) is 0.300. The molecule has 1 aromatic rings. The van der Waals surface area contributed by atoms with Gasteiger partial charge in [0.05, 0.1) is 0 Å². The van der Waals surface area contributed by atoms with Crippen LogP contribution >= 0.6 is 0 Å². The van der Waals surface area contributed by atoms with Crippen LogP contribution in [0.15, 0.2) is 24.3 Å². The van der Waals surface area contributed by atoms with Gasteiger partial charge in [-0.3, -0.25) is 0 Å². The van der Waals surface area contributed by atoms with Gasteiger partial charge in [0.15, 0.2) is 0 Å². The van der Waals surface area contributed by atoms with Gasteiger partial charge in [0.2, 0.25) is 0 Å². The first-order valence-electron chi connectivity index (χ1n) is 4.19. The normalized spacial score (nSPS) is 14.8. The zero-order valence-electron chi connectivity index (χ0n) is 8.04. The first-order chi connectivity index (χ1) is 6.50. The SMILES string of the molecule is CN[C@](C)(C(=O)O)c1cccc(F)c1. The second-order valence-corrected chi connectivity index (χ2v) is 3.19. The minimum atomic E-state index is -1.25. The van der Waals surface area contributed by atoms with Gasteiger partial charge in [0.25, 0.3) is 0 Å². The zero-order valence-corrected chi connectivity index (χ0v) is 8.04. The summed E-state index contributed by atoms with van der Waals surface area (Å²) in [4.78, 5) is 11.0. The molecule has 0 saturated carbocycles. The molecule has 0 aliphatic rings. The number of rotatable bonds is 3. The summed E-state index contributed by atoms with van der Waals surface area (Å²) in [6, 6.07) is 5.56. The Bertz CT molecular complexity index is 354. The molecule has 0 unspecified atom stereocenters. The summed E-state index contributed by atoms with van der Waals surface area (Å²) in [5, 5.41) is 11.6. The van der Waals surface area contributed by atoms with Crippen molar-refractivity contribution < 1.29 is 14.3 Å². The van der Waals surface area contributed by atoms with Crippen molar-refractivity contribution >= 4 is 5.97 Å². The van der Waals surface area contributed by atoms with Crippen LogP contribution in [0.25, 0.3) is 0 Å². The summed E-state index contributed by atoms with van der Waals surface area (Å²) in [5.74, 6) is -1.48. The van der Waals surface area contributed by atoms with Gasteiger partial charge in [-0.15, -0.1) is 0 Å². The summed E-state index contributed by atoms with van der Waals surface area (Å²) in [6.07, 6.45) is 0. The molecule has 1 rings (SSSR count). The predicted molar refractivity (Wildman–Crippen MR) is 50.4 cm³/mol. The number of nitrogens with one attached hydrogen (secondary N) is 1. The molecular weight excluding hydrogens is 185 g/mol. The first-order valence-corrected chi connectivity index (χ1v) is 4.19. The van der Waals surface area contributed by atoms with E-state index in [1.807, 2.05) is 0 Å². The van der Waals surface area contributed by atoms with E-state index >= 15 is 0 Å². The monoisotopic (exact) mass is 197 g/mol. The van der Waals surface area contributed by atoms with E-state index in [1.165, 1.54) is 32.2 Å². The molecule has 1 atom stereocenters. The van der Waals surface area contributed by atoms with Gasteiger partial charge >= 0.3 is 5.97 Å². The molecule has 3 nitrogen and oxygen atoms in total. The molecule has 0 heterocycles. The van der Waals surface area contributed by atoms with Crippen molar-refractivity contribution in [2.75, 3.05) is 7.05 Å². The van der Waals surface area contributed by atoms with Crippen LogP contribution in [0, 0.1) is 5.82 Å². The van der Waals surface area contributed by atoms with Gasteiger partial charge in [-0.2, -0.15) is 0 Å². The summed E-state index contributed by atoms with van der Waals surface area (Å²) in [5.41, 5.74) is -0.852. The topological polar surface area (TPSA) is 49.3 Å². The molecule has 0 bridgehead atoms. The van der Waals surface area contributed by atoms with E-state index in [4.69, 9.17) is 5.11 Å². The van der Waals surface area contributed by atoms with Crippen LogP contribution in [0.5, 0.6) is 0 Å². The van der Waals surface area contributed by atoms with Gasteiger partial charge in [0, 0.05) is 0 Å². The minimum Gasteiger partial charge on any atom is -0.480 e. The van der Waals surface area contributed by atoms with Crippen molar-refractivity contribution in [3.63, 3.8) is 0 Å². The Kier molecular flexibility index (Phi) is 2.86. The highest BCUT2D eigenvalue weighted by atomic mass is 19.1. The lowest BCUT2D eigenvalue weighted by Crippen LogP contribution is -2.44. The van der Waals surface area contributed by atoms with Gasteiger partial charge in [-0.25, -0.2) is 9.18 Å². The van der Waals surface area contributed by atoms with E-state index in [2.05, 4.69) is 5.32 Å². The largest absolute Gasteiger partial charge is 0.480 e. The molecule has 0 aromatic heterocycles. The van der Waals surface area contributed by atoms with Crippen LogP contribution in [-0.4, -0.2) is 18.1 Å². The third-order valence-corrected chi connectivity index (χ3v) is 2.33. The number of hydrogen-bond donors (Lipinski definition) is 2. The maximum Gasteiger partial charge on any atom is 0.328 e. The first kappa shape index (κ1) is 10.7. The standard InChI is InChI=1S/C10H12FNO2/c1-10(12-2,9(13)14)7-4-3-5-8(11)6-7/h3-6,12H,1-2H3,(H,13,14)/t10-/m0/s1. The molecule has 0 aliphatic heterocycles. The molecule has 76 valence electrons. The van der Waals surface area contributed by atoms with Crippen LogP contribution in [0.4, 0.5) is 4.39 Å². The zero-order chi connectivity index (χ0) is 10.8. The molecule has 14 heavy (non-hydrogen) atoms. The second kappa shape index (κ2) is 3.75. The van der Waals surface area contributed by atoms with Crippen molar-refractivity contribution in [2.45, 2.75) is 12.5 Å². The van der Waals surface area contributed by atoms with Crippen LogP contribution in [0.2, 0.25) is 0 Å². The Morgan fingerprint density at radius 1 is 1.57 bits per heavy atom. The van der Waals surface area contributed by atoms with Crippen molar-refractivity contribution in [1.82, 2.24) is 5.32 Å². The van der Waals surface area contributed by atoms with Crippen molar-refractivity contribution in [1.29, 1.82) is 0 Å². The lowest BCUT2D eigenvalue weighted by Gasteiger charge is -2.24. The molecule has 0 spiro atoms. The molecular formula is C10H12FNO2. The summed E-state index contributed by atoms with van der Waals surface area (Å²) >= 11 is 0. The maximum absolute atomic E-state index is 12.9. The Labute approximate surface area is 81.6 Å². The molecule has 0 radical (unpaired) electrons. The van der Waals surface area contributed by atoms with E-state index in [0.29, 0.717) is 5.56 Å². The number of halogens is 1. The molecule has 4 heteroatoms. The van der Waals surface area contributed by atoms with Crippen molar-refractivity contribution in [3.8, 4) is 0 Å². The minimum absolute atomic E-state index is 0.396.